The largest absolute Gasteiger partial charge is 0.331 e. The number of nitrogens with one attached hydrogen (secondary N) is 1. The third-order valence-electron chi connectivity index (χ3n) is 4.20. The number of pyridine rings is 1. The summed E-state index contributed by atoms with van der Waals surface area (Å²) >= 11 is 5.04. The summed E-state index contributed by atoms with van der Waals surface area (Å²) in [6, 6.07) is 12.2. The summed E-state index contributed by atoms with van der Waals surface area (Å²) in [6.45, 7) is 4.73. The van der Waals surface area contributed by atoms with Gasteiger partial charge in [-0.3, -0.25) is 9.78 Å². The van der Waals surface area contributed by atoms with Gasteiger partial charge in [0.1, 0.15) is 6.54 Å². The Balaban J connectivity index is 1.42. The number of amides is 1. The lowest BCUT2D eigenvalue weighted by Gasteiger charge is -2.32. The van der Waals surface area contributed by atoms with Crippen LogP contribution in [0.25, 0.3) is 0 Å². The average Bonchev–Trinajstić information content (AvgIpc) is 2.62. The van der Waals surface area contributed by atoms with Crippen molar-refractivity contribution in [2.24, 2.45) is 0 Å². The predicted octanol–water partition coefficient (Wildman–Crippen LogP) is 1.86. The molecule has 1 aliphatic rings. The first-order valence-electron chi connectivity index (χ1n) is 8.09. The highest BCUT2D eigenvalue weighted by Crippen LogP contribution is 2.20. The molecule has 1 aromatic carbocycles. The summed E-state index contributed by atoms with van der Waals surface area (Å²) in [5.74, 6) is 0.757. The highest BCUT2D eigenvalue weighted by Gasteiger charge is 2.23. The third-order valence-corrected chi connectivity index (χ3v) is 5.73. The van der Waals surface area contributed by atoms with Gasteiger partial charge < -0.3 is 9.80 Å². The number of halogens is 1. The van der Waals surface area contributed by atoms with Crippen LogP contribution >= 0.6 is 27.7 Å². The van der Waals surface area contributed by atoms with Crippen molar-refractivity contribution in [3.63, 3.8) is 0 Å². The maximum Gasteiger partial charge on any atom is 0.233 e. The van der Waals surface area contributed by atoms with Crippen molar-refractivity contribution < 1.29 is 9.69 Å². The average molecular weight is 407 g/mol. The standard InChI is InChI=1S/C18H20BrN3OS/c19-16-1-3-17(4-2-16)24-14-18(23)22-11-9-21(10-12-22)13-15-5-7-20-8-6-15/h1-8H,9-14H2/p+1. The van der Waals surface area contributed by atoms with Crippen molar-refractivity contribution in [1.29, 1.82) is 0 Å². The SMILES string of the molecule is O=C(CSc1ccc(Br)cc1)N1CC[NH+](Cc2ccncc2)CC1. The molecule has 0 unspecified atom stereocenters. The lowest BCUT2D eigenvalue weighted by atomic mass is 10.2. The lowest BCUT2D eigenvalue weighted by Crippen LogP contribution is -3.13. The van der Waals surface area contributed by atoms with Gasteiger partial charge in [-0.1, -0.05) is 15.9 Å². The maximum atomic E-state index is 12.4. The molecule has 1 saturated heterocycles. The van der Waals surface area contributed by atoms with E-state index >= 15 is 0 Å². The van der Waals surface area contributed by atoms with Crippen molar-refractivity contribution >= 4 is 33.6 Å². The van der Waals surface area contributed by atoms with Gasteiger partial charge in [-0.25, -0.2) is 0 Å². The summed E-state index contributed by atoms with van der Waals surface area (Å²) < 4.78 is 1.06. The minimum Gasteiger partial charge on any atom is -0.331 e. The van der Waals surface area contributed by atoms with Crippen LogP contribution in [-0.2, 0) is 11.3 Å². The first-order chi connectivity index (χ1) is 11.7. The van der Waals surface area contributed by atoms with Crippen molar-refractivity contribution in [3.05, 3.63) is 58.8 Å². The van der Waals surface area contributed by atoms with Gasteiger partial charge in [-0.05, 0) is 36.4 Å². The molecule has 1 fully saturated rings. The summed E-state index contributed by atoms with van der Waals surface area (Å²) in [7, 11) is 0. The van der Waals surface area contributed by atoms with Gasteiger partial charge >= 0.3 is 0 Å². The van der Waals surface area contributed by atoms with Crippen LogP contribution in [0.1, 0.15) is 5.56 Å². The molecular formula is C18H21BrN3OS+. The van der Waals surface area contributed by atoms with Gasteiger partial charge in [0.2, 0.25) is 5.91 Å². The Labute approximate surface area is 155 Å². The first-order valence-corrected chi connectivity index (χ1v) is 9.87. The van der Waals surface area contributed by atoms with Crippen LogP contribution in [0.5, 0.6) is 0 Å². The normalized spacial score (nSPS) is 15.5. The van der Waals surface area contributed by atoms with Crippen LogP contribution in [0.4, 0.5) is 0 Å². The van der Waals surface area contributed by atoms with Gasteiger partial charge in [0, 0.05) is 27.3 Å². The lowest BCUT2D eigenvalue weighted by molar-refractivity contribution is -0.917. The highest BCUT2D eigenvalue weighted by molar-refractivity contribution is 9.10. The molecule has 0 spiro atoms. The third kappa shape index (κ3) is 5.06. The molecule has 2 heterocycles. The molecule has 0 aliphatic carbocycles. The van der Waals surface area contributed by atoms with Crippen LogP contribution in [0.3, 0.4) is 0 Å². The van der Waals surface area contributed by atoms with E-state index in [-0.39, 0.29) is 5.91 Å². The van der Waals surface area contributed by atoms with E-state index in [4.69, 9.17) is 0 Å². The molecule has 0 atom stereocenters. The number of benzene rings is 1. The topological polar surface area (TPSA) is 37.6 Å². The van der Waals surface area contributed by atoms with Crippen LogP contribution in [0.15, 0.2) is 58.2 Å². The fraction of sp³-hybridized carbons (Fsp3) is 0.333. The predicted molar refractivity (Wildman–Crippen MR) is 100 cm³/mol. The Bertz CT molecular complexity index is 658. The zero-order chi connectivity index (χ0) is 16.8. The van der Waals surface area contributed by atoms with E-state index < -0.39 is 0 Å². The molecule has 1 aromatic heterocycles. The van der Waals surface area contributed by atoms with Gasteiger partial charge in [0.25, 0.3) is 0 Å². The molecule has 24 heavy (non-hydrogen) atoms. The first kappa shape index (κ1) is 17.5. The second-order valence-electron chi connectivity index (χ2n) is 5.91. The second-order valence-corrected chi connectivity index (χ2v) is 7.87. The van der Waals surface area contributed by atoms with Crippen molar-refractivity contribution in [2.45, 2.75) is 11.4 Å². The van der Waals surface area contributed by atoms with E-state index in [0.29, 0.717) is 5.75 Å². The number of thioether (sulfide) groups is 1. The highest BCUT2D eigenvalue weighted by atomic mass is 79.9. The number of rotatable bonds is 5. The second kappa shape index (κ2) is 8.65. The molecule has 0 radical (unpaired) electrons. The number of carbonyl (C=O) groups excluding carboxylic acids is 1. The van der Waals surface area contributed by atoms with E-state index in [0.717, 1.165) is 42.1 Å². The molecule has 1 aliphatic heterocycles. The van der Waals surface area contributed by atoms with Crippen LogP contribution in [-0.4, -0.2) is 47.7 Å². The molecule has 6 heteroatoms. The van der Waals surface area contributed by atoms with Gasteiger partial charge in [-0.15, -0.1) is 11.8 Å². The van der Waals surface area contributed by atoms with Crippen molar-refractivity contribution in [2.75, 3.05) is 31.9 Å². The zero-order valence-corrected chi connectivity index (χ0v) is 15.9. The summed E-state index contributed by atoms with van der Waals surface area (Å²) in [4.78, 5) is 21.1. The molecule has 0 saturated carbocycles. The van der Waals surface area contributed by atoms with E-state index in [1.165, 1.54) is 10.5 Å². The van der Waals surface area contributed by atoms with E-state index in [2.05, 4.69) is 33.0 Å². The molecular weight excluding hydrogens is 386 g/mol. The Kier molecular flexibility index (Phi) is 6.29. The minimum atomic E-state index is 0.242. The van der Waals surface area contributed by atoms with Crippen LogP contribution in [0, 0.1) is 0 Å². The van der Waals surface area contributed by atoms with Gasteiger partial charge in [0.15, 0.2) is 0 Å². The van der Waals surface area contributed by atoms with E-state index in [1.807, 2.05) is 41.6 Å². The summed E-state index contributed by atoms with van der Waals surface area (Å²) in [5.41, 5.74) is 1.31. The Morgan fingerprint density at radius 3 is 2.46 bits per heavy atom. The smallest absolute Gasteiger partial charge is 0.233 e. The Hall–Kier alpha value is -1.37. The number of hydrogen-bond acceptors (Lipinski definition) is 3. The van der Waals surface area contributed by atoms with E-state index in [1.54, 1.807) is 11.8 Å². The Morgan fingerprint density at radius 2 is 1.79 bits per heavy atom. The van der Waals surface area contributed by atoms with E-state index in [9.17, 15) is 4.79 Å². The monoisotopic (exact) mass is 406 g/mol. The number of carbonyl (C=O) groups is 1. The van der Waals surface area contributed by atoms with Gasteiger partial charge in [-0.2, -0.15) is 0 Å². The Morgan fingerprint density at radius 1 is 1.12 bits per heavy atom. The number of aromatic nitrogens is 1. The van der Waals surface area contributed by atoms with Crippen LogP contribution in [0.2, 0.25) is 0 Å². The molecule has 126 valence electrons. The molecule has 1 N–H and O–H groups in total. The molecule has 1 amide bonds. The molecule has 3 rings (SSSR count). The molecule has 4 nitrogen and oxygen atoms in total. The number of quaternary nitrogens is 1. The van der Waals surface area contributed by atoms with Gasteiger partial charge in [0.05, 0.1) is 31.9 Å². The number of nitrogens with zero attached hydrogens (tertiary/aromatic N) is 2. The quantitative estimate of drug-likeness (QED) is 0.770. The van der Waals surface area contributed by atoms with Crippen LogP contribution < -0.4 is 4.90 Å². The minimum absolute atomic E-state index is 0.242. The number of piperazine rings is 1. The molecule has 0 bridgehead atoms. The summed E-state index contributed by atoms with van der Waals surface area (Å²) in [5, 5.41) is 0. The maximum absolute atomic E-state index is 12.4. The number of hydrogen-bond donors (Lipinski definition) is 1. The zero-order valence-electron chi connectivity index (χ0n) is 13.5. The summed E-state index contributed by atoms with van der Waals surface area (Å²) in [6.07, 6.45) is 3.68. The fourth-order valence-electron chi connectivity index (χ4n) is 2.81. The molecule has 2 aromatic rings. The van der Waals surface area contributed by atoms with Crippen molar-refractivity contribution in [1.82, 2.24) is 9.88 Å². The fourth-order valence-corrected chi connectivity index (χ4v) is 3.87. The van der Waals surface area contributed by atoms with Crippen molar-refractivity contribution in [3.8, 4) is 0 Å².